The minimum atomic E-state index is -1.36. The molecular formula is C66H77N5O8S2. The average molecular weight is 1130 g/mol. The van der Waals surface area contributed by atoms with Crippen LogP contribution in [0.3, 0.4) is 0 Å². The number of ether oxygens (including phenoxy) is 1. The second kappa shape index (κ2) is 32.6. The van der Waals surface area contributed by atoms with E-state index in [4.69, 9.17) is 20.7 Å². The average Bonchev–Trinajstić information content (AvgIpc) is 3.52. The number of para-hydroxylation sites is 2. The number of fused-ring (bicyclic) bond motifs is 3. The summed E-state index contributed by atoms with van der Waals surface area (Å²) in [5, 5.41) is 28.6. The van der Waals surface area contributed by atoms with Gasteiger partial charge in [-0.2, -0.15) is 0 Å². The minimum Gasteiger partial charge on any atom is -0.615 e. The van der Waals surface area contributed by atoms with E-state index in [0.29, 0.717) is 23.6 Å². The number of nitrogens with zero attached hydrogens (tertiary/aromatic N) is 4. The normalized spacial score (nSPS) is 13.1. The van der Waals surface area contributed by atoms with Crippen molar-refractivity contribution in [3.05, 3.63) is 222 Å². The van der Waals surface area contributed by atoms with Crippen molar-refractivity contribution in [2.24, 2.45) is 11.7 Å². The maximum Gasteiger partial charge on any atom is 0.337 e. The van der Waals surface area contributed by atoms with Crippen molar-refractivity contribution in [3.63, 3.8) is 0 Å². The van der Waals surface area contributed by atoms with E-state index < -0.39 is 34.9 Å². The van der Waals surface area contributed by atoms with Crippen LogP contribution in [0.2, 0.25) is 0 Å². The summed E-state index contributed by atoms with van der Waals surface area (Å²) in [5.41, 5.74) is 11.9. The Kier molecular flexibility index (Phi) is 25.8. The SMILES string of the molecule is CC(CN1c2ccccc2Sc2ccccc21)N(C)C.CC[C@@H](c1cccc(O)c1)[C@@H](C)CN(C)C.COc1ccc2cc([C@H](C)C(=O)O)ccc2c1.NC(=O)C[S+]([O-])C(c1ccccc1)c1ccccc1.O=C(O)c1cccnc1. The molecule has 15 heteroatoms. The quantitative estimate of drug-likeness (QED) is 0.0630. The van der Waals surface area contributed by atoms with E-state index in [1.54, 1.807) is 26.2 Å². The van der Waals surface area contributed by atoms with E-state index in [1.807, 2.05) is 121 Å². The Morgan fingerprint density at radius 2 is 1.25 bits per heavy atom. The number of rotatable bonds is 17. The zero-order chi connectivity index (χ0) is 59.0. The lowest BCUT2D eigenvalue weighted by molar-refractivity contribution is -0.138. The smallest absolute Gasteiger partial charge is 0.337 e. The van der Waals surface area contributed by atoms with Crippen LogP contribution in [0.1, 0.15) is 83.8 Å². The fourth-order valence-electron chi connectivity index (χ4n) is 9.08. The van der Waals surface area contributed by atoms with Crippen molar-refractivity contribution in [1.82, 2.24) is 14.8 Å². The van der Waals surface area contributed by atoms with Crippen molar-refractivity contribution in [2.75, 3.05) is 59.0 Å². The zero-order valence-electron chi connectivity index (χ0n) is 47.8. The molecule has 1 aliphatic rings. The number of phenolic OH excluding ortho intramolecular Hbond substituents is 1. The van der Waals surface area contributed by atoms with Gasteiger partial charge in [0.1, 0.15) is 11.5 Å². The number of nitrogens with two attached hydrogens (primary N) is 1. The molecule has 0 bridgehead atoms. The zero-order valence-corrected chi connectivity index (χ0v) is 49.4. The Hall–Kier alpha value is -7.66. The van der Waals surface area contributed by atoms with E-state index in [-0.39, 0.29) is 16.6 Å². The van der Waals surface area contributed by atoms with Crippen LogP contribution < -0.4 is 15.4 Å². The predicted octanol–water partition coefficient (Wildman–Crippen LogP) is 13.1. The molecule has 5 atom stereocenters. The number of phenols is 1. The highest BCUT2D eigenvalue weighted by molar-refractivity contribution is 7.99. The number of methoxy groups -OCH3 is 1. The van der Waals surface area contributed by atoms with Crippen LogP contribution in [-0.4, -0.2) is 113 Å². The summed E-state index contributed by atoms with van der Waals surface area (Å²) in [6, 6.07) is 59.1. The number of carboxylic acids is 2. The van der Waals surface area contributed by atoms with Crippen LogP contribution in [0.4, 0.5) is 11.4 Å². The van der Waals surface area contributed by atoms with Gasteiger partial charge in [0.25, 0.3) is 5.91 Å². The predicted molar refractivity (Wildman–Crippen MR) is 331 cm³/mol. The highest BCUT2D eigenvalue weighted by Gasteiger charge is 2.28. The molecule has 0 saturated carbocycles. The number of aliphatic carboxylic acids is 1. The van der Waals surface area contributed by atoms with E-state index in [9.17, 15) is 24.0 Å². The number of pyridine rings is 1. The number of amides is 1. The molecule has 2 unspecified atom stereocenters. The molecule has 9 rings (SSSR count). The maximum absolute atomic E-state index is 12.4. The molecule has 2 heterocycles. The monoisotopic (exact) mass is 1130 g/mol. The molecule has 5 N–H and O–H groups in total. The minimum absolute atomic E-state index is 0.131. The molecule has 13 nitrogen and oxygen atoms in total. The highest BCUT2D eigenvalue weighted by Crippen LogP contribution is 2.48. The summed E-state index contributed by atoms with van der Waals surface area (Å²) in [4.78, 5) is 45.3. The van der Waals surface area contributed by atoms with Crippen LogP contribution in [0.15, 0.2) is 204 Å². The van der Waals surface area contributed by atoms with Gasteiger partial charge in [-0.05, 0) is 154 Å². The Morgan fingerprint density at radius 3 is 1.73 bits per heavy atom. The van der Waals surface area contributed by atoms with Crippen molar-refractivity contribution in [3.8, 4) is 11.5 Å². The van der Waals surface area contributed by atoms with Gasteiger partial charge in [-0.3, -0.25) is 14.6 Å². The number of primary amides is 1. The van der Waals surface area contributed by atoms with E-state index in [0.717, 1.165) is 52.7 Å². The second-order valence-electron chi connectivity index (χ2n) is 20.1. The molecule has 0 saturated heterocycles. The number of carboxylic acid groups (broad SMARTS) is 2. The van der Waals surface area contributed by atoms with Gasteiger partial charge in [-0.1, -0.05) is 147 Å². The molecule has 0 radical (unpaired) electrons. The Bertz CT molecular complexity index is 3120. The summed E-state index contributed by atoms with van der Waals surface area (Å²) >= 11 is 0.502. The number of benzene rings is 7. The third kappa shape index (κ3) is 19.8. The third-order valence-corrected chi connectivity index (χ3v) is 16.3. The second-order valence-corrected chi connectivity index (χ2v) is 22.7. The standard InChI is InChI=1S/C17H20N2S.C15H15NO2S.C14H23NO.C14H14O3.C6H5NO2/c1-13(18(2)3)12-19-14-8-4-6-10-16(14)20-17-11-7-5-9-15(17)19;16-14(17)11-19(18)15(12-7-3-1-4-8-12)13-9-5-2-6-10-13;1-5-14(11(2)10-15(3)4)12-7-6-8-13(16)9-12;1-9(14(15)16)10-3-4-12-8-13(17-2)6-5-11(12)7-10;8-6(9)5-2-1-3-7-4-5/h4-11,13H,12H2,1-3H3;1-10,15H,11H2,(H2,16,17);6-9,11,14,16H,5,10H2,1-4H3;3-9H,1-2H3,(H,15,16);1-4H,(H,8,9)/t;;11-,14+;9-;/m..00./s1. The summed E-state index contributed by atoms with van der Waals surface area (Å²) < 4.78 is 17.5. The molecule has 1 amide bonds. The molecule has 0 aliphatic carbocycles. The summed E-state index contributed by atoms with van der Waals surface area (Å²) in [5.74, 6) is -0.618. The molecule has 8 aromatic rings. The first-order valence-electron chi connectivity index (χ1n) is 26.7. The molecule has 81 heavy (non-hydrogen) atoms. The number of hydrogen-bond acceptors (Lipinski definition) is 11. The van der Waals surface area contributed by atoms with Gasteiger partial charge in [0, 0.05) is 52.4 Å². The fraction of sp³-hybridized carbons (Fsp3) is 0.273. The molecule has 0 fully saturated rings. The number of carbonyl (C=O) groups is 3. The van der Waals surface area contributed by atoms with Crippen LogP contribution in [0.5, 0.6) is 11.5 Å². The first-order chi connectivity index (χ1) is 38.8. The van der Waals surface area contributed by atoms with Gasteiger partial charge >= 0.3 is 11.9 Å². The summed E-state index contributed by atoms with van der Waals surface area (Å²) in [6.07, 6.45) is 3.95. The number of hydrogen-bond donors (Lipinski definition) is 4. The Balaban J connectivity index is 0.000000189. The van der Waals surface area contributed by atoms with Gasteiger partial charge < -0.3 is 45.0 Å². The molecule has 7 aromatic carbocycles. The molecule has 0 spiro atoms. The number of likely N-dealkylation sites (N-methyl/N-ethyl adjacent to an activating group) is 1. The largest absolute Gasteiger partial charge is 0.615 e. The van der Waals surface area contributed by atoms with Gasteiger partial charge in [0.15, 0.2) is 11.0 Å². The van der Waals surface area contributed by atoms with Gasteiger partial charge in [-0.25, -0.2) is 4.79 Å². The lowest BCUT2D eigenvalue weighted by Crippen LogP contribution is -2.37. The van der Waals surface area contributed by atoms with Crippen molar-refractivity contribution in [2.45, 2.75) is 67.0 Å². The highest BCUT2D eigenvalue weighted by atomic mass is 32.2. The third-order valence-electron chi connectivity index (χ3n) is 13.5. The van der Waals surface area contributed by atoms with Crippen LogP contribution >= 0.6 is 11.8 Å². The Morgan fingerprint density at radius 1 is 0.691 bits per heavy atom. The number of aromatic carboxylic acids is 1. The molecular weight excluding hydrogens is 1050 g/mol. The molecule has 1 aromatic heterocycles. The topological polar surface area (TPSA) is 193 Å². The van der Waals surface area contributed by atoms with E-state index in [2.05, 4.69) is 123 Å². The van der Waals surface area contributed by atoms with Gasteiger partial charge in [0.2, 0.25) is 0 Å². The summed E-state index contributed by atoms with van der Waals surface area (Å²) in [7, 11) is 10.1. The first kappa shape index (κ1) is 64.2. The van der Waals surface area contributed by atoms with Crippen molar-refractivity contribution in [1.29, 1.82) is 0 Å². The number of carbonyl (C=O) groups excluding carboxylic acids is 1. The Labute approximate surface area is 485 Å². The van der Waals surface area contributed by atoms with Crippen LogP contribution in [-0.2, 0) is 20.8 Å². The lowest BCUT2D eigenvalue weighted by atomic mass is 9.85. The van der Waals surface area contributed by atoms with E-state index >= 15 is 0 Å². The molecule has 1 aliphatic heterocycles. The van der Waals surface area contributed by atoms with Gasteiger partial charge in [0.05, 0.1) is 30.0 Å². The molecule has 426 valence electrons. The fourth-order valence-corrected chi connectivity index (χ4v) is 11.5. The summed E-state index contributed by atoms with van der Waals surface area (Å²) in [6.45, 7) is 10.5. The van der Waals surface area contributed by atoms with Crippen LogP contribution in [0.25, 0.3) is 10.8 Å². The first-order valence-corrected chi connectivity index (χ1v) is 28.9. The van der Waals surface area contributed by atoms with Crippen molar-refractivity contribution >= 4 is 62.9 Å². The lowest BCUT2D eigenvalue weighted by Gasteiger charge is -2.36. The van der Waals surface area contributed by atoms with Crippen LogP contribution in [0, 0.1) is 5.92 Å². The number of aromatic hydroxyl groups is 1. The number of aromatic nitrogens is 1. The van der Waals surface area contributed by atoms with Crippen molar-refractivity contribution < 1.29 is 39.0 Å². The number of anilines is 2. The van der Waals surface area contributed by atoms with E-state index in [1.165, 1.54) is 45.2 Å². The maximum atomic E-state index is 12.4. The van der Waals surface area contributed by atoms with Gasteiger partial charge in [-0.15, -0.1) is 0 Å².